The van der Waals surface area contributed by atoms with E-state index in [1.165, 1.54) is 0 Å². The summed E-state index contributed by atoms with van der Waals surface area (Å²) in [4.78, 5) is 0. The second-order valence-electron chi connectivity index (χ2n) is 5.54. The first kappa shape index (κ1) is 10.2. The average Bonchev–Trinajstić information content (AvgIpc) is 2.57. The van der Waals surface area contributed by atoms with Gasteiger partial charge >= 0.3 is 0 Å². The van der Waals surface area contributed by atoms with Crippen LogP contribution in [0.3, 0.4) is 0 Å². The summed E-state index contributed by atoms with van der Waals surface area (Å²) in [7, 11) is 0. The summed E-state index contributed by atoms with van der Waals surface area (Å²) in [6.07, 6.45) is 5.28. The van der Waals surface area contributed by atoms with E-state index in [0.29, 0.717) is 17.8 Å². The van der Waals surface area contributed by atoms with E-state index in [-0.39, 0.29) is 11.7 Å². The summed E-state index contributed by atoms with van der Waals surface area (Å²) in [5.74, 6) is 1.27. The number of rotatable bonds is 2. The predicted molar refractivity (Wildman–Crippen MR) is 55.9 cm³/mol. The highest BCUT2D eigenvalue weighted by molar-refractivity contribution is 5.15. The minimum atomic E-state index is -0.136. The standard InChI is InChI=1S/C12H20O2/c1-12(2,3)14-7-9-6-8-4-5-10(9)11(8)13/h4-5,8-11,13H,6-7H2,1-3H3. The van der Waals surface area contributed by atoms with Gasteiger partial charge in [-0.15, -0.1) is 0 Å². The Bertz CT molecular complexity index is 239. The van der Waals surface area contributed by atoms with Crippen molar-refractivity contribution in [2.45, 2.75) is 38.9 Å². The van der Waals surface area contributed by atoms with Crippen LogP contribution in [0.1, 0.15) is 27.2 Å². The van der Waals surface area contributed by atoms with Crippen molar-refractivity contribution >= 4 is 0 Å². The second kappa shape index (κ2) is 3.35. The van der Waals surface area contributed by atoms with E-state index < -0.39 is 0 Å². The van der Waals surface area contributed by atoms with Crippen LogP contribution in [0, 0.1) is 17.8 Å². The summed E-state index contributed by atoms with van der Waals surface area (Å²) in [6, 6.07) is 0. The Kier molecular flexibility index (Phi) is 2.44. The average molecular weight is 196 g/mol. The third kappa shape index (κ3) is 1.86. The molecule has 0 aliphatic heterocycles. The second-order valence-corrected chi connectivity index (χ2v) is 5.54. The molecule has 0 aromatic carbocycles. The number of hydrogen-bond acceptors (Lipinski definition) is 2. The van der Waals surface area contributed by atoms with Gasteiger partial charge in [-0.25, -0.2) is 0 Å². The van der Waals surface area contributed by atoms with Crippen LogP contribution >= 0.6 is 0 Å². The summed E-state index contributed by atoms with van der Waals surface area (Å²) >= 11 is 0. The molecule has 0 radical (unpaired) electrons. The van der Waals surface area contributed by atoms with E-state index in [0.717, 1.165) is 13.0 Å². The van der Waals surface area contributed by atoms with Crippen LogP contribution in [0.15, 0.2) is 12.2 Å². The van der Waals surface area contributed by atoms with E-state index in [1.54, 1.807) is 0 Å². The molecule has 0 aromatic heterocycles. The zero-order valence-electron chi connectivity index (χ0n) is 9.23. The zero-order chi connectivity index (χ0) is 10.3. The van der Waals surface area contributed by atoms with Crippen molar-refractivity contribution in [3.63, 3.8) is 0 Å². The molecular weight excluding hydrogens is 176 g/mol. The lowest BCUT2D eigenvalue weighted by Crippen LogP contribution is -2.26. The smallest absolute Gasteiger partial charge is 0.0668 e. The van der Waals surface area contributed by atoms with Gasteiger partial charge in [-0.05, 0) is 33.1 Å². The first-order chi connectivity index (χ1) is 6.47. The van der Waals surface area contributed by atoms with E-state index in [4.69, 9.17) is 4.74 Å². The fourth-order valence-corrected chi connectivity index (χ4v) is 2.48. The molecule has 2 bridgehead atoms. The minimum absolute atomic E-state index is 0.0590. The lowest BCUT2D eigenvalue weighted by Gasteiger charge is -2.25. The van der Waals surface area contributed by atoms with Crippen LogP contribution in [0.25, 0.3) is 0 Å². The maximum Gasteiger partial charge on any atom is 0.0668 e. The molecule has 2 aliphatic carbocycles. The van der Waals surface area contributed by atoms with Crippen molar-refractivity contribution in [1.29, 1.82) is 0 Å². The number of ether oxygens (including phenoxy) is 1. The highest BCUT2D eigenvalue weighted by atomic mass is 16.5. The highest BCUT2D eigenvalue weighted by Crippen LogP contribution is 2.43. The molecule has 0 aromatic rings. The SMILES string of the molecule is CC(C)(C)OCC1CC2C=CC1C2O. The molecule has 1 fully saturated rings. The Labute approximate surface area is 86.0 Å². The van der Waals surface area contributed by atoms with Crippen molar-refractivity contribution in [3.05, 3.63) is 12.2 Å². The van der Waals surface area contributed by atoms with Crippen LogP contribution < -0.4 is 0 Å². The topological polar surface area (TPSA) is 29.5 Å². The third-order valence-electron chi connectivity index (χ3n) is 3.26. The first-order valence-electron chi connectivity index (χ1n) is 5.48. The molecule has 14 heavy (non-hydrogen) atoms. The van der Waals surface area contributed by atoms with Gasteiger partial charge in [0, 0.05) is 11.8 Å². The lowest BCUT2D eigenvalue weighted by atomic mass is 9.94. The van der Waals surface area contributed by atoms with Gasteiger partial charge in [0.25, 0.3) is 0 Å². The molecule has 2 aliphatic rings. The minimum Gasteiger partial charge on any atom is -0.392 e. The van der Waals surface area contributed by atoms with Crippen molar-refractivity contribution in [2.24, 2.45) is 17.8 Å². The number of hydrogen-bond donors (Lipinski definition) is 1. The fourth-order valence-electron chi connectivity index (χ4n) is 2.48. The van der Waals surface area contributed by atoms with E-state index in [1.807, 2.05) is 0 Å². The summed E-state index contributed by atoms with van der Waals surface area (Å²) in [5, 5.41) is 9.81. The maximum absolute atomic E-state index is 9.81. The van der Waals surface area contributed by atoms with Crippen molar-refractivity contribution < 1.29 is 9.84 Å². The lowest BCUT2D eigenvalue weighted by molar-refractivity contribution is -0.0292. The first-order valence-corrected chi connectivity index (χ1v) is 5.48. The summed E-state index contributed by atoms with van der Waals surface area (Å²) in [6.45, 7) is 7.01. The molecule has 4 unspecified atom stereocenters. The normalized spacial score (nSPS) is 40.9. The Balaban J connectivity index is 1.87. The van der Waals surface area contributed by atoms with Gasteiger partial charge in [0.05, 0.1) is 18.3 Å². The van der Waals surface area contributed by atoms with Gasteiger partial charge < -0.3 is 9.84 Å². The van der Waals surface area contributed by atoms with Crippen molar-refractivity contribution in [3.8, 4) is 0 Å². The van der Waals surface area contributed by atoms with Gasteiger partial charge in [0.2, 0.25) is 0 Å². The fraction of sp³-hybridized carbons (Fsp3) is 0.833. The zero-order valence-corrected chi connectivity index (χ0v) is 9.23. The largest absolute Gasteiger partial charge is 0.392 e. The molecule has 80 valence electrons. The molecule has 0 amide bonds. The van der Waals surface area contributed by atoms with Crippen molar-refractivity contribution in [1.82, 2.24) is 0 Å². The van der Waals surface area contributed by atoms with Gasteiger partial charge in [0.15, 0.2) is 0 Å². The van der Waals surface area contributed by atoms with Crippen molar-refractivity contribution in [2.75, 3.05) is 6.61 Å². The van der Waals surface area contributed by atoms with Crippen LogP contribution in [-0.4, -0.2) is 23.4 Å². The Hall–Kier alpha value is -0.340. The Morgan fingerprint density at radius 1 is 1.36 bits per heavy atom. The molecule has 1 N–H and O–H groups in total. The van der Waals surface area contributed by atoms with Crippen LogP contribution in [0.2, 0.25) is 0 Å². The van der Waals surface area contributed by atoms with Crippen LogP contribution in [-0.2, 0) is 4.74 Å². The van der Waals surface area contributed by atoms with Gasteiger partial charge in [-0.3, -0.25) is 0 Å². The molecular formula is C12H20O2. The Morgan fingerprint density at radius 2 is 2.07 bits per heavy atom. The number of aliphatic hydroxyl groups is 1. The van der Waals surface area contributed by atoms with E-state index >= 15 is 0 Å². The molecule has 2 heteroatoms. The van der Waals surface area contributed by atoms with Crippen LogP contribution in [0.4, 0.5) is 0 Å². The quantitative estimate of drug-likeness (QED) is 0.684. The number of fused-ring (bicyclic) bond motifs is 2. The van der Waals surface area contributed by atoms with Crippen LogP contribution in [0.5, 0.6) is 0 Å². The van der Waals surface area contributed by atoms with E-state index in [2.05, 4.69) is 32.9 Å². The monoisotopic (exact) mass is 196 g/mol. The molecule has 4 atom stereocenters. The highest BCUT2D eigenvalue weighted by Gasteiger charge is 2.43. The maximum atomic E-state index is 9.81. The van der Waals surface area contributed by atoms with Gasteiger partial charge in [-0.1, -0.05) is 12.2 Å². The molecule has 1 saturated carbocycles. The van der Waals surface area contributed by atoms with E-state index in [9.17, 15) is 5.11 Å². The molecule has 2 nitrogen and oxygen atoms in total. The number of aliphatic hydroxyl groups excluding tert-OH is 1. The van der Waals surface area contributed by atoms with Gasteiger partial charge in [-0.2, -0.15) is 0 Å². The molecule has 2 rings (SSSR count). The Morgan fingerprint density at radius 3 is 2.50 bits per heavy atom. The third-order valence-corrected chi connectivity index (χ3v) is 3.26. The molecule has 0 saturated heterocycles. The predicted octanol–water partition coefficient (Wildman–Crippen LogP) is 1.98. The molecule has 0 heterocycles. The molecule has 0 spiro atoms. The summed E-state index contributed by atoms with van der Waals surface area (Å²) in [5.41, 5.74) is -0.0590. The summed E-state index contributed by atoms with van der Waals surface area (Å²) < 4.78 is 5.77. The van der Waals surface area contributed by atoms with Gasteiger partial charge in [0.1, 0.15) is 0 Å².